The first kappa shape index (κ1) is 16.8. The molecule has 1 fully saturated rings. The van der Waals surface area contributed by atoms with Crippen molar-refractivity contribution in [1.29, 1.82) is 0 Å². The Morgan fingerprint density at radius 1 is 1.18 bits per heavy atom. The SMILES string of the molecule is CN(C)S(=O)(=O)CCC(=O)Nc1ccc(N2CCCC2)cc1. The monoisotopic (exact) mass is 325 g/mol. The van der Waals surface area contributed by atoms with Gasteiger partial charge in [0.2, 0.25) is 15.9 Å². The summed E-state index contributed by atoms with van der Waals surface area (Å²) in [5.41, 5.74) is 1.85. The van der Waals surface area contributed by atoms with Crippen LogP contribution in [0.1, 0.15) is 19.3 Å². The zero-order chi connectivity index (χ0) is 16.2. The third-order valence-electron chi connectivity index (χ3n) is 3.77. The lowest BCUT2D eigenvalue weighted by Gasteiger charge is -2.17. The summed E-state index contributed by atoms with van der Waals surface area (Å²) in [6.45, 7) is 2.15. The van der Waals surface area contributed by atoms with Crippen LogP contribution in [0.2, 0.25) is 0 Å². The standard InChI is InChI=1S/C15H23N3O3S/c1-17(2)22(20,21)12-9-15(19)16-13-5-7-14(8-6-13)18-10-3-4-11-18/h5-8H,3-4,9-12H2,1-2H3,(H,16,19). The van der Waals surface area contributed by atoms with E-state index in [1.807, 2.05) is 24.3 Å². The van der Waals surface area contributed by atoms with Crippen LogP contribution in [0.4, 0.5) is 11.4 Å². The molecule has 1 N–H and O–H groups in total. The number of anilines is 2. The van der Waals surface area contributed by atoms with E-state index in [1.165, 1.54) is 26.9 Å². The zero-order valence-corrected chi connectivity index (χ0v) is 13.9. The smallest absolute Gasteiger partial charge is 0.225 e. The average molecular weight is 325 g/mol. The molecular weight excluding hydrogens is 302 g/mol. The van der Waals surface area contributed by atoms with E-state index in [1.54, 1.807) is 0 Å². The summed E-state index contributed by atoms with van der Waals surface area (Å²) in [6, 6.07) is 7.67. The molecule has 1 saturated heterocycles. The van der Waals surface area contributed by atoms with Crippen molar-refractivity contribution < 1.29 is 13.2 Å². The number of carbonyl (C=O) groups is 1. The largest absolute Gasteiger partial charge is 0.372 e. The van der Waals surface area contributed by atoms with Gasteiger partial charge in [-0.05, 0) is 37.1 Å². The second-order valence-electron chi connectivity index (χ2n) is 5.64. The average Bonchev–Trinajstić information content (AvgIpc) is 3.00. The highest BCUT2D eigenvalue weighted by Gasteiger charge is 2.16. The molecule has 0 aliphatic carbocycles. The summed E-state index contributed by atoms with van der Waals surface area (Å²) in [6.07, 6.45) is 2.39. The van der Waals surface area contributed by atoms with Gasteiger partial charge in [-0.3, -0.25) is 4.79 Å². The van der Waals surface area contributed by atoms with Crippen molar-refractivity contribution in [2.75, 3.05) is 43.2 Å². The van der Waals surface area contributed by atoms with Gasteiger partial charge < -0.3 is 10.2 Å². The van der Waals surface area contributed by atoms with Crippen LogP contribution >= 0.6 is 0 Å². The second kappa shape index (κ2) is 7.11. The fourth-order valence-corrected chi connectivity index (χ4v) is 3.17. The highest BCUT2D eigenvalue weighted by atomic mass is 32.2. The Balaban J connectivity index is 1.86. The molecule has 1 aliphatic heterocycles. The van der Waals surface area contributed by atoms with Gasteiger partial charge in [0, 0.05) is 45.0 Å². The molecule has 22 heavy (non-hydrogen) atoms. The van der Waals surface area contributed by atoms with Crippen molar-refractivity contribution in [3.05, 3.63) is 24.3 Å². The van der Waals surface area contributed by atoms with E-state index in [2.05, 4.69) is 10.2 Å². The Labute approximate surface area is 132 Å². The molecule has 0 atom stereocenters. The highest BCUT2D eigenvalue weighted by Crippen LogP contribution is 2.22. The maximum atomic E-state index is 11.8. The maximum absolute atomic E-state index is 11.8. The third-order valence-corrected chi connectivity index (χ3v) is 5.60. The van der Waals surface area contributed by atoms with Crippen LogP contribution in [-0.2, 0) is 14.8 Å². The van der Waals surface area contributed by atoms with Crippen molar-refractivity contribution in [3.63, 3.8) is 0 Å². The van der Waals surface area contributed by atoms with E-state index >= 15 is 0 Å². The summed E-state index contributed by atoms with van der Waals surface area (Å²) >= 11 is 0. The number of sulfonamides is 1. The van der Waals surface area contributed by atoms with Crippen LogP contribution in [0.25, 0.3) is 0 Å². The fraction of sp³-hybridized carbons (Fsp3) is 0.533. The minimum Gasteiger partial charge on any atom is -0.372 e. The zero-order valence-electron chi connectivity index (χ0n) is 13.1. The molecule has 1 heterocycles. The molecule has 0 bridgehead atoms. The van der Waals surface area contributed by atoms with Gasteiger partial charge >= 0.3 is 0 Å². The number of nitrogens with one attached hydrogen (secondary N) is 1. The lowest BCUT2D eigenvalue weighted by Crippen LogP contribution is -2.27. The lowest BCUT2D eigenvalue weighted by molar-refractivity contribution is -0.115. The van der Waals surface area contributed by atoms with Crippen molar-refractivity contribution >= 4 is 27.3 Å². The molecule has 0 radical (unpaired) electrons. The molecule has 2 rings (SSSR count). The number of rotatable bonds is 6. The molecule has 0 unspecified atom stereocenters. The maximum Gasteiger partial charge on any atom is 0.225 e. The van der Waals surface area contributed by atoms with Gasteiger partial charge in [0.05, 0.1) is 5.75 Å². The topological polar surface area (TPSA) is 69.7 Å². The minimum absolute atomic E-state index is 0.0472. The predicted molar refractivity (Wildman–Crippen MR) is 88.6 cm³/mol. The van der Waals surface area contributed by atoms with Gasteiger partial charge in [-0.15, -0.1) is 0 Å². The number of nitrogens with zero attached hydrogens (tertiary/aromatic N) is 2. The number of hydrogen-bond acceptors (Lipinski definition) is 4. The summed E-state index contributed by atoms with van der Waals surface area (Å²) in [4.78, 5) is 14.1. The Hall–Kier alpha value is -1.60. The van der Waals surface area contributed by atoms with E-state index in [0.29, 0.717) is 5.69 Å². The Bertz CT molecular complexity index is 605. The molecule has 0 saturated carbocycles. The first-order valence-electron chi connectivity index (χ1n) is 7.43. The van der Waals surface area contributed by atoms with Crippen LogP contribution in [0, 0.1) is 0 Å². The molecule has 1 aliphatic rings. The van der Waals surface area contributed by atoms with E-state index in [-0.39, 0.29) is 18.1 Å². The van der Waals surface area contributed by atoms with Crippen LogP contribution in [0.15, 0.2) is 24.3 Å². The molecular formula is C15H23N3O3S. The Morgan fingerprint density at radius 2 is 1.77 bits per heavy atom. The third kappa shape index (κ3) is 4.45. The Kier molecular flexibility index (Phi) is 5.42. The molecule has 7 heteroatoms. The van der Waals surface area contributed by atoms with E-state index < -0.39 is 10.0 Å². The number of hydrogen-bond donors (Lipinski definition) is 1. The molecule has 0 aromatic heterocycles. The van der Waals surface area contributed by atoms with Crippen LogP contribution < -0.4 is 10.2 Å². The molecule has 0 spiro atoms. The van der Waals surface area contributed by atoms with Gasteiger partial charge in [0.15, 0.2) is 0 Å². The summed E-state index contributed by atoms with van der Waals surface area (Å²) in [5.74, 6) is -0.475. The highest BCUT2D eigenvalue weighted by molar-refractivity contribution is 7.89. The Morgan fingerprint density at radius 3 is 2.32 bits per heavy atom. The van der Waals surface area contributed by atoms with Gasteiger partial charge in [0.1, 0.15) is 0 Å². The molecule has 6 nitrogen and oxygen atoms in total. The van der Waals surface area contributed by atoms with E-state index in [9.17, 15) is 13.2 Å². The number of benzene rings is 1. The van der Waals surface area contributed by atoms with Crippen molar-refractivity contribution in [2.24, 2.45) is 0 Å². The normalized spacial score (nSPS) is 15.3. The van der Waals surface area contributed by atoms with Crippen molar-refractivity contribution in [3.8, 4) is 0 Å². The first-order valence-corrected chi connectivity index (χ1v) is 9.04. The fourth-order valence-electron chi connectivity index (χ4n) is 2.36. The molecule has 1 aromatic rings. The second-order valence-corrected chi connectivity index (χ2v) is 7.94. The molecule has 122 valence electrons. The van der Waals surface area contributed by atoms with Gasteiger partial charge in [-0.25, -0.2) is 12.7 Å². The number of carbonyl (C=O) groups excluding carboxylic acids is 1. The van der Waals surface area contributed by atoms with E-state index in [0.717, 1.165) is 23.1 Å². The molecule has 1 aromatic carbocycles. The summed E-state index contributed by atoms with van der Waals surface area (Å²) in [7, 11) is -0.412. The minimum atomic E-state index is -3.34. The number of amides is 1. The van der Waals surface area contributed by atoms with E-state index in [4.69, 9.17) is 0 Å². The van der Waals surface area contributed by atoms with Crippen molar-refractivity contribution in [2.45, 2.75) is 19.3 Å². The predicted octanol–water partition coefficient (Wildman–Crippen LogP) is 1.51. The lowest BCUT2D eigenvalue weighted by atomic mass is 10.2. The van der Waals surface area contributed by atoms with Crippen LogP contribution in [0.5, 0.6) is 0 Å². The quantitative estimate of drug-likeness (QED) is 0.861. The van der Waals surface area contributed by atoms with Crippen LogP contribution in [0.3, 0.4) is 0 Å². The van der Waals surface area contributed by atoms with Crippen LogP contribution in [-0.4, -0.2) is 51.6 Å². The van der Waals surface area contributed by atoms with Gasteiger partial charge in [-0.1, -0.05) is 0 Å². The van der Waals surface area contributed by atoms with Gasteiger partial charge in [0.25, 0.3) is 0 Å². The first-order chi connectivity index (χ1) is 10.4. The van der Waals surface area contributed by atoms with Gasteiger partial charge in [-0.2, -0.15) is 0 Å². The summed E-state index contributed by atoms with van der Waals surface area (Å²) < 4.78 is 24.4. The molecule has 1 amide bonds. The van der Waals surface area contributed by atoms with Crippen molar-refractivity contribution in [1.82, 2.24) is 4.31 Å². The summed E-state index contributed by atoms with van der Waals surface area (Å²) in [5, 5.41) is 2.73.